The molecular formula is C25H33N5O3. The molecule has 3 aromatic rings. The molecule has 1 aromatic heterocycles. The lowest BCUT2D eigenvalue weighted by Gasteiger charge is -2.41. The Balaban J connectivity index is 1.23. The van der Waals surface area contributed by atoms with Crippen LogP contribution in [0.3, 0.4) is 0 Å². The smallest absolute Gasteiger partial charge is 0.321 e. The summed E-state index contributed by atoms with van der Waals surface area (Å²) in [5.74, 6) is 1.81. The fourth-order valence-electron chi connectivity index (χ4n) is 4.31. The van der Waals surface area contributed by atoms with Crippen molar-refractivity contribution in [1.82, 2.24) is 15.0 Å². The van der Waals surface area contributed by atoms with Crippen molar-refractivity contribution in [2.24, 2.45) is 0 Å². The second-order valence-corrected chi connectivity index (χ2v) is 8.46. The van der Waals surface area contributed by atoms with Crippen LogP contribution in [-0.4, -0.2) is 68.0 Å². The molecule has 1 unspecified atom stereocenters. The highest BCUT2D eigenvalue weighted by molar-refractivity contribution is 5.61. The zero-order valence-electron chi connectivity index (χ0n) is 19.9. The van der Waals surface area contributed by atoms with E-state index in [4.69, 9.17) is 14.0 Å². The van der Waals surface area contributed by atoms with Crippen LogP contribution < -0.4 is 19.7 Å². The van der Waals surface area contributed by atoms with Gasteiger partial charge in [0.25, 0.3) is 0 Å². The van der Waals surface area contributed by atoms with E-state index in [1.807, 2.05) is 18.2 Å². The summed E-state index contributed by atoms with van der Waals surface area (Å²) in [7, 11) is 3.21. The number of hydrogen-bond donors (Lipinski definition) is 1. The number of methoxy groups -OCH3 is 2. The monoisotopic (exact) mass is 451 g/mol. The van der Waals surface area contributed by atoms with Gasteiger partial charge in [-0.05, 0) is 62.7 Å². The molecule has 2 heterocycles. The van der Waals surface area contributed by atoms with E-state index < -0.39 is 0 Å². The first-order valence-corrected chi connectivity index (χ1v) is 11.4. The van der Waals surface area contributed by atoms with Crippen molar-refractivity contribution in [1.29, 1.82) is 0 Å². The van der Waals surface area contributed by atoms with Gasteiger partial charge in [-0.15, -0.1) is 0 Å². The van der Waals surface area contributed by atoms with Crippen molar-refractivity contribution in [3.05, 3.63) is 48.0 Å². The summed E-state index contributed by atoms with van der Waals surface area (Å²) in [6.45, 7) is 9.46. The van der Waals surface area contributed by atoms with Gasteiger partial charge in [0.2, 0.25) is 5.82 Å². The first-order valence-electron chi connectivity index (χ1n) is 11.4. The minimum atomic E-state index is 0.428. The predicted octanol–water partition coefficient (Wildman–Crippen LogP) is 4.07. The van der Waals surface area contributed by atoms with Gasteiger partial charge in [0.15, 0.2) is 11.5 Å². The summed E-state index contributed by atoms with van der Waals surface area (Å²) in [5.41, 5.74) is 3.44. The standard InChI is InChI=1S/C25H33N5O3/c1-18-7-5-8-21(15-18)30-14-13-29(17-19(30)2)12-6-11-26-25-27-24(28-33-25)20-9-10-22(31-3)23(16-20)32-4/h5,7-10,15-16,19H,6,11-14,17H2,1-4H3,(H,26,27,28). The maximum atomic E-state index is 5.37. The molecule has 8 heteroatoms. The molecule has 1 fully saturated rings. The third kappa shape index (κ3) is 5.57. The number of aromatic nitrogens is 2. The second kappa shape index (κ2) is 10.6. The predicted molar refractivity (Wildman–Crippen MR) is 130 cm³/mol. The lowest BCUT2D eigenvalue weighted by molar-refractivity contribution is 0.228. The number of hydrogen-bond acceptors (Lipinski definition) is 8. The molecule has 8 nitrogen and oxygen atoms in total. The number of aryl methyl sites for hydroxylation is 1. The molecule has 1 atom stereocenters. The van der Waals surface area contributed by atoms with Crippen LogP contribution in [0.1, 0.15) is 18.9 Å². The van der Waals surface area contributed by atoms with Gasteiger partial charge in [-0.3, -0.25) is 4.90 Å². The van der Waals surface area contributed by atoms with Gasteiger partial charge in [0, 0.05) is 43.5 Å². The highest BCUT2D eigenvalue weighted by atomic mass is 16.5. The first-order chi connectivity index (χ1) is 16.1. The molecule has 33 heavy (non-hydrogen) atoms. The van der Waals surface area contributed by atoms with Gasteiger partial charge in [-0.1, -0.05) is 17.3 Å². The Morgan fingerprint density at radius 1 is 1.09 bits per heavy atom. The van der Waals surface area contributed by atoms with E-state index in [-0.39, 0.29) is 0 Å². The van der Waals surface area contributed by atoms with Gasteiger partial charge < -0.3 is 24.2 Å². The van der Waals surface area contributed by atoms with Gasteiger partial charge in [0.05, 0.1) is 14.2 Å². The summed E-state index contributed by atoms with van der Waals surface area (Å²) in [6.07, 6.45) is 1.01. The van der Waals surface area contributed by atoms with E-state index in [1.165, 1.54) is 11.3 Å². The van der Waals surface area contributed by atoms with Crippen molar-refractivity contribution in [3.8, 4) is 22.9 Å². The summed E-state index contributed by atoms with van der Waals surface area (Å²) in [4.78, 5) is 9.49. The van der Waals surface area contributed by atoms with Crippen LogP contribution in [0.2, 0.25) is 0 Å². The zero-order valence-corrected chi connectivity index (χ0v) is 19.9. The molecule has 0 radical (unpaired) electrons. The molecule has 1 aliphatic rings. The molecule has 0 bridgehead atoms. The first kappa shape index (κ1) is 22.9. The van der Waals surface area contributed by atoms with Crippen LogP contribution >= 0.6 is 0 Å². The SMILES string of the molecule is COc1ccc(-c2noc(NCCCN3CCN(c4cccc(C)c4)C(C)C3)n2)cc1OC. The molecule has 0 aliphatic carbocycles. The second-order valence-electron chi connectivity index (χ2n) is 8.46. The third-order valence-corrected chi connectivity index (χ3v) is 6.04. The molecule has 0 spiro atoms. The average molecular weight is 452 g/mol. The number of rotatable bonds is 9. The van der Waals surface area contributed by atoms with Crippen molar-refractivity contribution in [2.45, 2.75) is 26.3 Å². The number of piperazine rings is 1. The van der Waals surface area contributed by atoms with Crippen LogP contribution in [0.5, 0.6) is 11.5 Å². The summed E-state index contributed by atoms with van der Waals surface area (Å²) in [5, 5.41) is 7.32. The lowest BCUT2D eigenvalue weighted by Crippen LogP contribution is -2.52. The Hall–Kier alpha value is -3.26. The van der Waals surface area contributed by atoms with Gasteiger partial charge in [-0.2, -0.15) is 4.98 Å². The summed E-state index contributed by atoms with van der Waals surface area (Å²) >= 11 is 0. The van der Waals surface area contributed by atoms with Crippen molar-refractivity contribution in [2.75, 3.05) is 57.2 Å². The maximum Gasteiger partial charge on any atom is 0.321 e. The molecule has 1 saturated heterocycles. The molecule has 1 aliphatic heterocycles. The van der Waals surface area contributed by atoms with E-state index in [0.717, 1.165) is 44.7 Å². The largest absolute Gasteiger partial charge is 0.493 e. The number of anilines is 2. The fourth-order valence-corrected chi connectivity index (χ4v) is 4.31. The van der Waals surface area contributed by atoms with Crippen LogP contribution in [-0.2, 0) is 0 Å². The number of nitrogens with one attached hydrogen (secondary N) is 1. The maximum absolute atomic E-state index is 5.37. The Labute approximate surface area is 195 Å². The minimum Gasteiger partial charge on any atom is -0.493 e. The van der Waals surface area contributed by atoms with Gasteiger partial charge in [-0.25, -0.2) is 0 Å². The van der Waals surface area contributed by atoms with Crippen molar-refractivity contribution >= 4 is 11.7 Å². The highest BCUT2D eigenvalue weighted by Gasteiger charge is 2.23. The lowest BCUT2D eigenvalue weighted by atomic mass is 10.1. The fraction of sp³-hybridized carbons (Fsp3) is 0.440. The van der Waals surface area contributed by atoms with Crippen LogP contribution in [0.4, 0.5) is 11.7 Å². The third-order valence-electron chi connectivity index (χ3n) is 6.04. The summed E-state index contributed by atoms with van der Waals surface area (Å²) in [6, 6.07) is 15.3. The van der Waals surface area contributed by atoms with Crippen LogP contribution in [0.15, 0.2) is 47.0 Å². The van der Waals surface area contributed by atoms with E-state index in [2.05, 4.69) is 63.4 Å². The normalized spacial score (nSPS) is 16.6. The van der Waals surface area contributed by atoms with Crippen molar-refractivity contribution < 1.29 is 14.0 Å². The average Bonchev–Trinajstić information content (AvgIpc) is 3.30. The highest BCUT2D eigenvalue weighted by Crippen LogP contribution is 2.31. The quantitative estimate of drug-likeness (QED) is 0.488. The Morgan fingerprint density at radius 2 is 1.94 bits per heavy atom. The Kier molecular flexibility index (Phi) is 7.34. The zero-order chi connectivity index (χ0) is 23.2. The van der Waals surface area contributed by atoms with E-state index in [9.17, 15) is 0 Å². The summed E-state index contributed by atoms with van der Waals surface area (Å²) < 4.78 is 16.0. The number of nitrogens with zero attached hydrogens (tertiary/aromatic N) is 4. The van der Waals surface area contributed by atoms with Crippen molar-refractivity contribution in [3.63, 3.8) is 0 Å². The van der Waals surface area contributed by atoms with Crippen LogP contribution in [0, 0.1) is 6.92 Å². The molecule has 176 valence electrons. The Bertz CT molecular complexity index is 1050. The Morgan fingerprint density at radius 3 is 2.70 bits per heavy atom. The number of ether oxygens (including phenoxy) is 2. The molecule has 4 rings (SSSR count). The minimum absolute atomic E-state index is 0.428. The molecule has 1 N–H and O–H groups in total. The topological polar surface area (TPSA) is 75.9 Å². The van der Waals surface area contributed by atoms with Gasteiger partial charge >= 0.3 is 6.01 Å². The van der Waals surface area contributed by atoms with Crippen LogP contribution in [0.25, 0.3) is 11.4 Å². The molecule has 0 saturated carbocycles. The molecule has 0 amide bonds. The molecular weight excluding hydrogens is 418 g/mol. The number of benzene rings is 2. The van der Waals surface area contributed by atoms with Gasteiger partial charge in [0.1, 0.15) is 0 Å². The van der Waals surface area contributed by atoms with E-state index >= 15 is 0 Å². The van der Waals surface area contributed by atoms with E-state index in [0.29, 0.717) is 29.4 Å². The molecule has 2 aromatic carbocycles. The van der Waals surface area contributed by atoms with E-state index in [1.54, 1.807) is 14.2 Å².